The molecule has 0 bridgehead atoms. The molecule has 82 heavy (non-hydrogen) atoms. The maximum absolute atomic E-state index is 2.65. The molecule has 4 unspecified atom stereocenters. The molecule has 0 N–H and O–H groups in total. The molecule has 0 saturated carbocycles. The molecule has 0 aromatic heterocycles. The van der Waals surface area contributed by atoms with E-state index in [4.69, 9.17) is 0 Å². The van der Waals surface area contributed by atoms with Gasteiger partial charge < -0.3 is 24.8 Å². The van der Waals surface area contributed by atoms with E-state index in [2.05, 4.69) is 300 Å². The summed E-state index contributed by atoms with van der Waals surface area (Å²) in [5.41, 5.74) is 29.4. The van der Waals surface area contributed by atoms with Crippen LogP contribution in [0.3, 0.4) is 0 Å². The van der Waals surface area contributed by atoms with Crippen LogP contribution in [-0.2, 0) is 40.1 Å². The first-order valence-electron chi connectivity index (χ1n) is 29.7. The average molecular weight is 1480 g/mol. The summed E-state index contributed by atoms with van der Waals surface area (Å²) in [4.78, 5) is 0. The van der Waals surface area contributed by atoms with Crippen LogP contribution in [0.2, 0.25) is 26.2 Å². The van der Waals surface area contributed by atoms with Crippen molar-refractivity contribution in [1.29, 1.82) is 0 Å². The van der Waals surface area contributed by atoms with Gasteiger partial charge in [0.1, 0.15) is 0 Å². The van der Waals surface area contributed by atoms with E-state index in [0.29, 0.717) is 38.4 Å². The van der Waals surface area contributed by atoms with Crippen LogP contribution in [0, 0.1) is 23.7 Å². The number of halogens is 2. The summed E-state index contributed by atoms with van der Waals surface area (Å²) >= 11 is -4.84. The smallest absolute Gasteiger partial charge is 1.00 e. The van der Waals surface area contributed by atoms with Crippen LogP contribution in [-0.4, -0.2) is 11.0 Å². The van der Waals surface area contributed by atoms with Gasteiger partial charge in [-0.2, -0.15) is 0 Å². The SMILES string of the molecule is CC(C)C1=Cc2c(-c3ccccc3)cccc2[CH]1[Hf]([CH]1C(C(C)C)=Cc2c(-c3ccccc3)cccc21)=[Si](C)C.CC(C)C1=Cc2c(-c3ccccc3)cccc2[CH]1[Hf]([CH]1C(C(C)C)=Cc2c(-c3ccccc3)cccc21)=[Si](C)C.[Cl-].[Cl-]. The van der Waals surface area contributed by atoms with Crippen LogP contribution >= 0.6 is 0 Å². The van der Waals surface area contributed by atoms with Gasteiger partial charge in [0.05, 0.1) is 0 Å². The minimum absolute atomic E-state index is 0. The molecule has 4 aliphatic carbocycles. The second kappa shape index (κ2) is 26.8. The summed E-state index contributed by atoms with van der Waals surface area (Å²) in [7, 11) is 0. The zero-order valence-corrected chi connectivity index (χ0v) is 60.9. The molecule has 6 heteroatoms. The maximum Gasteiger partial charge on any atom is -1.00 e. The maximum atomic E-state index is 2.65. The van der Waals surface area contributed by atoms with Crippen molar-refractivity contribution in [3.63, 3.8) is 0 Å². The zero-order chi connectivity index (χ0) is 55.9. The van der Waals surface area contributed by atoms with Gasteiger partial charge in [0.25, 0.3) is 0 Å². The first kappa shape index (κ1) is 62.0. The van der Waals surface area contributed by atoms with Crippen molar-refractivity contribution in [2.75, 3.05) is 0 Å². The number of rotatable bonds is 12. The number of hydrogen-bond acceptors (Lipinski definition) is 0. The van der Waals surface area contributed by atoms with Gasteiger partial charge in [0.15, 0.2) is 0 Å². The molecule has 0 fully saturated rings. The molecule has 8 aromatic rings. The van der Waals surface area contributed by atoms with E-state index in [0.717, 1.165) is 0 Å². The molecule has 0 aliphatic heterocycles. The predicted octanol–water partition coefficient (Wildman–Crippen LogP) is 15.6. The Morgan fingerprint density at radius 3 is 0.634 bits per heavy atom. The van der Waals surface area contributed by atoms with E-state index in [1.807, 2.05) is 0 Å². The van der Waals surface area contributed by atoms with Crippen LogP contribution in [0.5, 0.6) is 0 Å². The van der Waals surface area contributed by atoms with E-state index in [1.54, 1.807) is 44.5 Å². The molecule has 4 aliphatic rings. The van der Waals surface area contributed by atoms with Crippen LogP contribution in [0.25, 0.3) is 68.8 Å². The fraction of sp³-hybridized carbons (Fsp3) is 0.263. The molecule has 0 nitrogen and oxygen atoms in total. The van der Waals surface area contributed by atoms with Crippen molar-refractivity contribution < 1.29 is 64.9 Å². The topological polar surface area (TPSA) is 0 Å². The van der Waals surface area contributed by atoms with Crippen LogP contribution in [0.4, 0.5) is 0 Å². The Balaban J connectivity index is 0.000000193. The molecule has 0 amide bonds. The van der Waals surface area contributed by atoms with Crippen molar-refractivity contribution in [2.45, 2.75) is 96.3 Å². The van der Waals surface area contributed by atoms with Crippen molar-refractivity contribution in [2.24, 2.45) is 23.7 Å². The minimum atomic E-state index is -2.42. The van der Waals surface area contributed by atoms with Gasteiger partial charge in [-0.1, -0.05) is 0 Å². The van der Waals surface area contributed by atoms with Gasteiger partial charge in [-0.15, -0.1) is 0 Å². The summed E-state index contributed by atoms with van der Waals surface area (Å²) in [5, 5.41) is 0. The number of hydrogen-bond donors (Lipinski definition) is 0. The van der Waals surface area contributed by atoms with Crippen molar-refractivity contribution in [3.05, 3.63) is 261 Å². The summed E-state index contributed by atoms with van der Waals surface area (Å²) < 4.78 is 2.63. The molecule has 0 heterocycles. The van der Waals surface area contributed by atoms with E-state index in [1.165, 1.54) is 66.8 Å². The number of fused-ring (bicyclic) bond motifs is 4. The van der Waals surface area contributed by atoms with E-state index >= 15 is 0 Å². The summed E-state index contributed by atoms with van der Waals surface area (Å²) in [6, 6.07) is 72.8. The molecule has 8 aromatic carbocycles. The second-order valence-corrected chi connectivity index (χ2v) is 74.4. The van der Waals surface area contributed by atoms with E-state index < -0.39 is 51.1 Å². The fourth-order valence-corrected chi connectivity index (χ4v) is 73.8. The quantitative estimate of drug-likeness (QED) is 0.107. The summed E-state index contributed by atoms with van der Waals surface area (Å²) in [6.45, 7) is 30.1. The van der Waals surface area contributed by atoms with Crippen molar-refractivity contribution in [1.82, 2.24) is 0 Å². The van der Waals surface area contributed by atoms with Gasteiger partial charge in [-0.25, -0.2) is 0 Å². The van der Waals surface area contributed by atoms with Gasteiger partial charge >= 0.3 is 501 Å². The average Bonchev–Trinajstić information content (AvgIpc) is 4.29. The van der Waals surface area contributed by atoms with Gasteiger partial charge in [0, 0.05) is 0 Å². The molecule has 0 saturated heterocycles. The second-order valence-electron chi connectivity index (χ2n) is 24.5. The minimum Gasteiger partial charge on any atom is -1.00 e. The van der Waals surface area contributed by atoms with Crippen LogP contribution in [0.15, 0.2) is 216 Å². The molecule has 12 rings (SSSR count). The van der Waals surface area contributed by atoms with Crippen molar-refractivity contribution >= 4 is 35.3 Å². The van der Waals surface area contributed by atoms with Crippen LogP contribution < -0.4 is 24.8 Å². The van der Waals surface area contributed by atoms with Crippen molar-refractivity contribution in [3.8, 4) is 44.5 Å². The Morgan fingerprint density at radius 1 is 0.268 bits per heavy atom. The Morgan fingerprint density at radius 2 is 0.463 bits per heavy atom. The third-order valence-electron chi connectivity index (χ3n) is 17.8. The monoisotopic (exact) mass is 1480 g/mol. The Labute approximate surface area is 520 Å². The van der Waals surface area contributed by atoms with Gasteiger partial charge in [0.2, 0.25) is 0 Å². The van der Waals surface area contributed by atoms with E-state index in [-0.39, 0.29) is 24.8 Å². The fourth-order valence-electron chi connectivity index (χ4n) is 14.1. The molecule has 416 valence electrons. The largest absolute Gasteiger partial charge is 1.00 e. The summed E-state index contributed by atoms with van der Waals surface area (Å²) in [5.74, 6) is 2.24. The normalized spacial score (nSPS) is 17.1. The third kappa shape index (κ3) is 11.9. The predicted molar refractivity (Wildman–Crippen MR) is 345 cm³/mol. The number of benzene rings is 8. The third-order valence-corrected chi connectivity index (χ3v) is 72.6. The first-order chi connectivity index (χ1) is 38.7. The molecule has 0 radical (unpaired) electrons. The molecule has 0 spiro atoms. The Kier molecular flexibility index (Phi) is 20.3. The number of allylic oxidation sites excluding steroid dienone is 4. The Hall–Kier alpha value is -4.53. The molecular weight excluding hydrogens is 1400 g/mol. The standard InChI is InChI=1S/4C18H17.2C2H6Si.2ClH.2Hf/c4*1-13(2)16-11-15-9-6-10-17(18(15)12-16)14-7-4-3-5-8-14;2*1-3-2;;;;/h4*3-13H,1-2H3;2*1-2H3;2*1H;;/p-2. The van der Waals surface area contributed by atoms with Gasteiger partial charge in [-0.05, 0) is 0 Å². The molecule has 4 atom stereocenters. The first-order valence-corrected chi connectivity index (χ1v) is 53.7. The van der Waals surface area contributed by atoms with Crippen LogP contribution in [0.1, 0.15) is 115 Å². The van der Waals surface area contributed by atoms with Gasteiger partial charge in [-0.3, -0.25) is 0 Å². The van der Waals surface area contributed by atoms with E-state index in [9.17, 15) is 0 Å². The molecular formula is C76H80Cl2Hf2Si2-2. The zero-order valence-electron chi connectivity index (χ0n) is 50.2. The summed E-state index contributed by atoms with van der Waals surface area (Å²) in [6.07, 6.45) is 10.5. The Bertz CT molecular complexity index is 3330.